The van der Waals surface area contributed by atoms with Crippen LogP contribution in [0.25, 0.3) is 0 Å². The van der Waals surface area contributed by atoms with Crippen molar-refractivity contribution in [1.29, 1.82) is 0 Å². The molecule has 2 aromatic carbocycles. The van der Waals surface area contributed by atoms with Crippen LogP contribution in [0.3, 0.4) is 0 Å². The number of amides is 3. The molecule has 9 nitrogen and oxygen atoms in total. The number of carbonyl (C=O) groups is 4. The van der Waals surface area contributed by atoms with Crippen LogP contribution in [0, 0.1) is 6.92 Å². The number of benzene rings is 2. The van der Waals surface area contributed by atoms with Crippen molar-refractivity contribution in [2.45, 2.75) is 65.5 Å². The van der Waals surface area contributed by atoms with Crippen LogP contribution in [0.4, 0.5) is 11.5 Å². The van der Waals surface area contributed by atoms with Gasteiger partial charge in [-0.25, -0.2) is 0 Å². The van der Waals surface area contributed by atoms with E-state index in [0.29, 0.717) is 34.0 Å². The molecule has 0 spiro atoms. The van der Waals surface area contributed by atoms with Gasteiger partial charge in [-0.15, -0.1) is 0 Å². The number of halogens is 1. The third-order valence-corrected chi connectivity index (χ3v) is 6.68. The Kier molecular flexibility index (Phi) is 9.64. The monoisotopic (exact) mass is 552 g/mol. The fourth-order valence-corrected chi connectivity index (χ4v) is 4.09. The van der Waals surface area contributed by atoms with Crippen LogP contribution in [0.2, 0.25) is 5.02 Å². The number of hydrogen-bond donors (Lipinski definition) is 2. The van der Waals surface area contributed by atoms with Crippen LogP contribution in [0.15, 0.2) is 59.1 Å². The van der Waals surface area contributed by atoms with Gasteiger partial charge in [-0.05, 0) is 64.4 Å². The van der Waals surface area contributed by atoms with Crippen LogP contribution in [0.5, 0.6) is 0 Å². The number of nitrogens with one attached hydrogen (secondary N) is 2. The van der Waals surface area contributed by atoms with Crippen molar-refractivity contribution in [2.75, 3.05) is 10.2 Å². The quantitative estimate of drug-likeness (QED) is 0.297. The molecule has 0 aliphatic rings. The van der Waals surface area contributed by atoms with Crippen molar-refractivity contribution in [3.05, 3.63) is 76.5 Å². The number of aryl methyl sites for hydroxylation is 1. The minimum absolute atomic E-state index is 0.135. The molecule has 0 aliphatic carbocycles. The zero-order chi connectivity index (χ0) is 28.7. The summed E-state index contributed by atoms with van der Waals surface area (Å²) in [7, 11) is 0. The molecule has 1 unspecified atom stereocenters. The zero-order valence-electron chi connectivity index (χ0n) is 22.7. The van der Waals surface area contributed by atoms with Gasteiger partial charge in [0.25, 0.3) is 0 Å². The number of carbonyl (C=O) groups excluding carboxylic acids is 4. The Morgan fingerprint density at radius 3 is 2.28 bits per heavy atom. The third kappa shape index (κ3) is 7.77. The molecule has 1 atom stereocenters. The van der Waals surface area contributed by atoms with E-state index in [0.717, 1.165) is 0 Å². The van der Waals surface area contributed by atoms with Gasteiger partial charge in [0.2, 0.25) is 17.7 Å². The Morgan fingerprint density at radius 2 is 1.72 bits per heavy atom. The minimum atomic E-state index is -1.14. The average molecular weight is 553 g/mol. The lowest BCUT2D eigenvalue weighted by Gasteiger charge is -2.35. The molecule has 0 fully saturated rings. The largest absolute Gasteiger partial charge is 0.360 e. The van der Waals surface area contributed by atoms with Gasteiger partial charge in [-0.3, -0.25) is 24.1 Å². The average Bonchev–Trinajstić information content (AvgIpc) is 3.30. The first-order valence-corrected chi connectivity index (χ1v) is 13.0. The normalized spacial score (nSPS) is 11.9. The van der Waals surface area contributed by atoms with Gasteiger partial charge >= 0.3 is 0 Å². The van der Waals surface area contributed by atoms with E-state index in [1.165, 1.54) is 11.8 Å². The predicted octanol–water partition coefficient (Wildman–Crippen LogP) is 5.64. The zero-order valence-corrected chi connectivity index (χ0v) is 23.5. The summed E-state index contributed by atoms with van der Waals surface area (Å²) >= 11 is 6.55. The maximum Gasteiger partial charge on any atom is 0.248 e. The van der Waals surface area contributed by atoms with Crippen molar-refractivity contribution in [3.63, 3.8) is 0 Å². The lowest BCUT2D eigenvalue weighted by atomic mass is 9.97. The molecule has 3 amide bonds. The van der Waals surface area contributed by atoms with Crippen LogP contribution in [-0.4, -0.2) is 34.2 Å². The lowest BCUT2D eigenvalue weighted by Crippen LogP contribution is -2.50. The van der Waals surface area contributed by atoms with E-state index in [1.54, 1.807) is 61.5 Å². The number of Topliss-reactive ketones (excluding diaryl/α,β-unsaturated/α-hetero) is 1. The van der Waals surface area contributed by atoms with E-state index in [1.807, 2.05) is 20.8 Å². The van der Waals surface area contributed by atoms with Crippen molar-refractivity contribution < 1.29 is 23.7 Å². The summed E-state index contributed by atoms with van der Waals surface area (Å²) in [6.07, 6.45) is 0.281. The van der Waals surface area contributed by atoms with Crippen molar-refractivity contribution in [1.82, 2.24) is 10.5 Å². The minimum Gasteiger partial charge on any atom is -0.360 e. The first kappa shape index (κ1) is 29.6. The van der Waals surface area contributed by atoms with Crippen LogP contribution in [0.1, 0.15) is 74.7 Å². The second kappa shape index (κ2) is 12.7. The van der Waals surface area contributed by atoms with Gasteiger partial charge in [0.15, 0.2) is 11.6 Å². The molecule has 0 radical (unpaired) electrons. The smallest absolute Gasteiger partial charge is 0.248 e. The third-order valence-electron chi connectivity index (χ3n) is 6.33. The second-order valence-electron chi connectivity index (χ2n) is 9.89. The van der Waals surface area contributed by atoms with E-state index >= 15 is 0 Å². The van der Waals surface area contributed by atoms with E-state index in [4.69, 9.17) is 16.1 Å². The fourth-order valence-electron chi connectivity index (χ4n) is 3.85. The van der Waals surface area contributed by atoms with Gasteiger partial charge < -0.3 is 15.2 Å². The summed E-state index contributed by atoms with van der Waals surface area (Å²) in [6.45, 7) is 8.86. The maximum absolute atomic E-state index is 13.8. The molecule has 0 saturated carbocycles. The summed E-state index contributed by atoms with van der Waals surface area (Å²) in [4.78, 5) is 53.4. The maximum atomic E-state index is 13.8. The van der Waals surface area contributed by atoms with Gasteiger partial charge in [0.1, 0.15) is 11.8 Å². The number of aromatic nitrogens is 1. The Hall–Kier alpha value is -3.98. The Bertz CT molecular complexity index is 1350. The van der Waals surface area contributed by atoms with E-state index < -0.39 is 29.3 Å². The molecule has 1 heterocycles. The topological polar surface area (TPSA) is 122 Å². The van der Waals surface area contributed by atoms with Gasteiger partial charge in [-0.2, -0.15) is 0 Å². The Balaban J connectivity index is 2.01. The fraction of sp³-hybridized carbons (Fsp3) is 0.345. The highest BCUT2D eigenvalue weighted by atomic mass is 35.5. The highest BCUT2D eigenvalue weighted by molar-refractivity contribution is 6.31. The Morgan fingerprint density at radius 1 is 1.05 bits per heavy atom. The molecule has 3 rings (SSSR count). The molecule has 206 valence electrons. The molecule has 0 aliphatic heterocycles. The van der Waals surface area contributed by atoms with Crippen molar-refractivity contribution >= 4 is 46.6 Å². The first-order chi connectivity index (χ1) is 18.4. The van der Waals surface area contributed by atoms with E-state index in [-0.39, 0.29) is 24.4 Å². The summed E-state index contributed by atoms with van der Waals surface area (Å²) < 4.78 is 4.96. The predicted molar refractivity (Wildman–Crippen MR) is 150 cm³/mol. The van der Waals surface area contributed by atoms with Crippen molar-refractivity contribution in [3.8, 4) is 0 Å². The van der Waals surface area contributed by atoms with Crippen molar-refractivity contribution in [2.24, 2.45) is 0 Å². The molecule has 39 heavy (non-hydrogen) atoms. The molecular weight excluding hydrogens is 520 g/mol. The Labute approximate surface area is 232 Å². The van der Waals surface area contributed by atoms with E-state index in [9.17, 15) is 19.2 Å². The summed E-state index contributed by atoms with van der Waals surface area (Å²) in [5.41, 5.74) is 0.709. The molecule has 2 N–H and O–H groups in total. The molecule has 1 aromatic heterocycles. The van der Waals surface area contributed by atoms with Gasteiger partial charge in [-0.1, -0.05) is 41.9 Å². The first-order valence-electron chi connectivity index (χ1n) is 12.6. The molecule has 3 aromatic rings. The molecule has 10 heteroatoms. The number of anilines is 2. The number of hydrogen-bond acceptors (Lipinski definition) is 6. The SMILES string of the molecule is CCC(C)(C)NC(=O)C(c1ccccc1Cl)N(C(=O)CCC(=O)Nc1cc(C)on1)c1ccc(C(C)=O)cc1. The molecule has 0 bridgehead atoms. The summed E-state index contributed by atoms with van der Waals surface area (Å²) in [5, 5.41) is 9.66. The highest BCUT2D eigenvalue weighted by Gasteiger charge is 2.36. The van der Waals surface area contributed by atoms with Crippen LogP contribution < -0.4 is 15.5 Å². The summed E-state index contributed by atoms with van der Waals surface area (Å²) in [5.74, 6) is -0.700. The number of ketones is 1. The van der Waals surface area contributed by atoms with Gasteiger partial charge in [0.05, 0.1) is 0 Å². The second-order valence-corrected chi connectivity index (χ2v) is 10.3. The number of rotatable bonds is 11. The standard InChI is InChI=1S/C29H33ClN4O5/c1-6-29(4,5)32-28(38)27(22-9-7-8-10-23(22)30)34(21-13-11-20(12-14-21)19(3)35)26(37)16-15-25(36)31-24-17-18(2)39-33-24/h7-14,17,27H,6,15-16H2,1-5H3,(H,32,38)(H,31,33,36). The molecule has 0 saturated heterocycles. The lowest BCUT2D eigenvalue weighted by molar-refractivity contribution is -0.128. The summed E-state index contributed by atoms with van der Waals surface area (Å²) in [6, 6.07) is 13.6. The highest BCUT2D eigenvalue weighted by Crippen LogP contribution is 2.33. The van der Waals surface area contributed by atoms with E-state index in [2.05, 4.69) is 15.8 Å². The number of nitrogens with zero attached hydrogens (tertiary/aromatic N) is 2. The van der Waals surface area contributed by atoms with Crippen LogP contribution in [-0.2, 0) is 14.4 Å². The van der Waals surface area contributed by atoms with Crippen LogP contribution >= 0.6 is 11.6 Å². The van der Waals surface area contributed by atoms with Gasteiger partial charge in [0, 0.05) is 46.3 Å². The molecular formula is C29H33ClN4O5.